The highest BCUT2D eigenvalue weighted by molar-refractivity contribution is 7.98. The lowest BCUT2D eigenvalue weighted by atomic mass is 10.1. The minimum Gasteiger partial charge on any atom is -0.349 e. The first kappa shape index (κ1) is 25.0. The van der Waals surface area contributed by atoms with Gasteiger partial charge >= 0.3 is 0 Å². The van der Waals surface area contributed by atoms with Crippen LogP contribution in [-0.4, -0.2) is 20.7 Å². The number of nitrogens with zero attached hydrogens (tertiary/aromatic N) is 3. The van der Waals surface area contributed by atoms with Crippen LogP contribution < -0.4 is 5.32 Å². The first-order valence-electron chi connectivity index (χ1n) is 12.0. The van der Waals surface area contributed by atoms with Gasteiger partial charge in [-0.2, -0.15) is 0 Å². The summed E-state index contributed by atoms with van der Waals surface area (Å²) in [6, 6.07) is 16.9. The van der Waals surface area contributed by atoms with Crippen LogP contribution in [0.2, 0.25) is 0 Å². The van der Waals surface area contributed by atoms with Gasteiger partial charge in [0.2, 0.25) is 5.91 Å². The van der Waals surface area contributed by atoms with Gasteiger partial charge in [-0.05, 0) is 38.0 Å². The Balaban J connectivity index is 1.64. The molecule has 3 aromatic rings. The summed E-state index contributed by atoms with van der Waals surface area (Å²) in [5.41, 5.74) is 4.72. The first-order chi connectivity index (χ1) is 16.1. The molecule has 0 aliphatic heterocycles. The molecule has 0 unspecified atom stereocenters. The predicted octanol–water partition coefficient (Wildman–Crippen LogP) is 6.54. The number of carbonyl (C=O) groups excluding carboxylic acids is 1. The number of hydrogen-bond donors (Lipinski definition) is 1. The summed E-state index contributed by atoms with van der Waals surface area (Å²) in [4.78, 5) is 12.4. The molecule has 1 N–H and O–H groups in total. The molecular formula is C27H36N4OS. The summed E-state index contributed by atoms with van der Waals surface area (Å²) in [5.74, 6) is 1.65. The lowest BCUT2D eigenvalue weighted by Gasteiger charge is -2.11. The molecule has 0 aliphatic rings. The van der Waals surface area contributed by atoms with Crippen molar-refractivity contribution in [2.45, 2.75) is 83.2 Å². The van der Waals surface area contributed by atoms with Crippen LogP contribution in [0.3, 0.4) is 0 Å². The summed E-state index contributed by atoms with van der Waals surface area (Å²) in [7, 11) is 0. The van der Waals surface area contributed by atoms with Crippen molar-refractivity contribution in [3.05, 3.63) is 71.0 Å². The van der Waals surface area contributed by atoms with Crippen LogP contribution in [0.5, 0.6) is 0 Å². The molecule has 0 spiro atoms. The molecule has 0 aliphatic carbocycles. The van der Waals surface area contributed by atoms with Gasteiger partial charge in [-0.1, -0.05) is 98.3 Å². The normalized spacial score (nSPS) is 11.0. The molecule has 33 heavy (non-hydrogen) atoms. The van der Waals surface area contributed by atoms with E-state index in [0.29, 0.717) is 13.0 Å². The summed E-state index contributed by atoms with van der Waals surface area (Å²) in [5, 5.41) is 12.8. The highest BCUT2D eigenvalue weighted by Crippen LogP contribution is 2.26. The summed E-state index contributed by atoms with van der Waals surface area (Å²) < 4.78 is 2.06. The Morgan fingerprint density at radius 3 is 2.45 bits per heavy atom. The van der Waals surface area contributed by atoms with E-state index in [2.05, 4.69) is 89.4 Å². The van der Waals surface area contributed by atoms with Gasteiger partial charge < -0.3 is 5.32 Å². The number of thioether (sulfide) groups is 1. The highest BCUT2D eigenvalue weighted by Gasteiger charge is 2.15. The van der Waals surface area contributed by atoms with Gasteiger partial charge in [0.15, 0.2) is 11.0 Å². The third kappa shape index (κ3) is 8.04. The van der Waals surface area contributed by atoms with Gasteiger partial charge in [-0.15, -0.1) is 10.2 Å². The van der Waals surface area contributed by atoms with Crippen molar-refractivity contribution in [2.24, 2.45) is 0 Å². The highest BCUT2D eigenvalue weighted by atomic mass is 32.2. The molecule has 1 amide bonds. The molecule has 0 radical (unpaired) electrons. The third-order valence-corrected chi connectivity index (χ3v) is 6.64. The third-order valence-electron chi connectivity index (χ3n) is 5.64. The van der Waals surface area contributed by atoms with Gasteiger partial charge in [0.05, 0.1) is 6.54 Å². The molecule has 6 heteroatoms. The maximum absolute atomic E-state index is 12.4. The van der Waals surface area contributed by atoms with Crippen LogP contribution in [0.15, 0.2) is 53.7 Å². The van der Waals surface area contributed by atoms with Crippen molar-refractivity contribution >= 4 is 17.7 Å². The maximum Gasteiger partial charge on any atom is 0.220 e. The van der Waals surface area contributed by atoms with Gasteiger partial charge in [0.1, 0.15) is 0 Å². The zero-order chi connectivity index (χ0) is 23.5. The van der Waals surface area contributed by atoms with Crippen molar-refractivity contribution in [1.82, 2.24) is 20.1 Å². The van der Waals surface area contributed by atoms with Crippen LogP contribution in [0, 0.1) is 13.8 Å². The molecule has 0 fully saturated rings. The minimum absolute atomic E-state index is 0.0814. The predicted molar refractivity (Wildman–Crippen MR) is 137 cm³/mol. The van der Waals surface area contributed by atoms with Crippen molar-refractivity contribution in [3.8, 4) is 5.69 Å². The van der Waals surface area contributed by atoms with E-state index in [1.54, 1.807) is 11.8 Å². The number of amides is 1. The molecule has 176 valence electrons. The molecule has 0 saturated heterocycles. The van der Waals surface area contributed by atoms with E-state index >= 15 is 0 Å². The van der Waals surface area contributed by atoms with E-state index in [0.717, 1.165) is 35.3 Å². The van der Waals surface area contributed by atoms with E-state index < -0.39 is 0 Å². The van der Waals surface area contributed by atoms with Gasteiger partial charge in [-0.25, -0.2) is 0 Å². The van der Waals surface area contributed by atoms with Gasteiger partial charge in [0, 0.05) is 17.9 Å². The van der Waals surface area contributed by atoms with Crippen LogP contribution in [0.1, 0.15) is 74.4 Å². The molecule has 5 nitrogen and oxygen atoms in total. The molecule has 0 atom stereocenters. The number of nitrogens with one attached hydrogen (secondary N) is 1. The summed E-state index contributed by atoms with van der Waals surface area (Å²) >= 11 is 1.66. The summed E-state index contributed by atoms with van der Waals surface area (Å²) in [6.07, 6.45) is 7.63. The van der Waals surface area contributed by atoms with Gasteiger partial charge in [-0.3, -0.25) is 9.36 Å². The number of rotatable bonds is 13. The fourth-order valence-electron chi connectivity index (χ4n) is 3.74. The molecular weight excluding hydrogens is 428 g/mol. The number of hydrogen-bond acceptors (Lipinski definition) is 4. The number of aromatic nitrogens is 3. The van der Waals surface area contributed by atoms with Crippen LogP contribution in [0.25, 0.3) is 5.69 Å². The Morgan fingerprint density at radius 2 is 1.70 bits per heavy atom. The Morgan fingerprint density at radius 1 is 0.939 bits per heavy atom. The second-order valence-electron chi connectivity index (χ2n) is 8.64. The SMILES string of the molecule is CCCCCCCCC(=O)NCc1nnc(SCc2cccc(C)c2)n1-c1ccc(C)cc1. The Kier molecular flexibility index (Phi) is 10.0. The molecule has 1 heterocycles. The Labute approximate surface area is 202 Å². The average Bonchev–Trinajstić information content (AvgIpc) is 3.22. The van der Waals surface area contributed by atoms with Crippen molar-refractivity contribution < 1.29 is 4.79 Å². The molecule has 0 bridgehead atoms. The quantitative estimate of drug-likeness (QED) is 0.230. The maximum atomic E-state index is 12.4. The lowest BCUT2D eigenvalue weighted by Crippen LogP contribution is -2.24. The van der Waals surface area contributed by atoms with E-state index in [1.165, 1.54) is 42.4 Å². The average molecular weight is 465 g/mol. The fourth-order valence-corrected chi connectivity index (χ4v) is 4.66. The zero-order valence-electron chi connectivity index (χ0n) is 20.1. The van der Waals surface area contributed by atoms with Crippen molar-refractivity contribution in [3.63, 3.8) is 0 Å². The lowest BCUT2D eigenvalue weighted by molar-refractivity contribution is -0.121. The number of benzene rings is 2. The Hall–Kier alpha value is -2.60. The largest absolute Gasteiger partial charge is 0.349 e. The van der Waals surface area contributed by atoms with Crippen LogP contribution >= 0.6 is 11.8 Å². The molecule has 1 aromatic heterocycles. The van der Waals surface area contributed by atoms with Crippen LogP contribution in [-0.2, 0) is 17.1 Å². The standard InChI is InChI=1S/C27H36N4OS/c1-4-5-6-7-8-9-13-26(32)28-19-25-29-30-27(31(25)24-16-14-21(2)15-17-24)33-20-23-12-10-11-22(3)18-23/h10-12,14-18H,4-9,13,19-20H2,1-3H3,(H,28,32). The molecule has 0 saturated carbocycles. The van der Waals surface area contributed by atoms with Gasteiger partial charge in [0.25, 0.3) is 0 Å². The zero-order valence-corrected chi connectivity index (χ0v) is 21.0. The smallest absolute Gasteiger partial charge is 0.220 e. The fraction of sp³-hybridized carbons (Fsp3) is 0.444. The first-order valence-corrected chi connectivity index (χ1v) is 13.0. The number of aryl methyl sites for hydroxylation is 2. The molecule has 2 aromatic carbocycles. The van der Waals surface area contributed by atoms with Crippen molar-refractivity contribution in [1.29, 1.82) is 0 Å². The van der Waals surface area contributed by atoms with E-state index in [1.807, 2.05) is 0 Å². The van der Waals surface area contributed by atoms with E-state index in [4.69, 9.17) is 0 Å². The van der Waals surface area contributed by atoms with E-state index in [-0.39, 0.29) is 5.91 Å². The van der Waals surface area contributed by atoms with E-state index in [9.17, 15) is 4.79 Å². The topological polar surface area (TPSA) is 59.8 Å². The monoisotopic (exact) mass is 464 g/mol. The van der Waals surface area contributed by atoms with Crippen LogP contribution in [0.4, 0.5) is 0 Å². The number of unbranched alkanes of at least 4 members (excludes halogenated alkanes) is 5. The Bertz CT molecular complexity index is 1010. The minimum atomic E-state index is 0.0814. The second-order valence-corrected chi connectivity index (χ2v) is 9.58. The summed E-state index contributed by atoms with van der Waals surface area (Å²) in [6.45, 7) is 6.78. The van der Waals surface area contributed by atoms with Crippen molar-refractivity contribution in [2.75, 3.05) is 0 Å². The molecule has 3 rings (SSSR count). The number of carbonyl (C=O) groups is 1. The second kappa shape index (κ2) is 13.2.